The third-order valence-corrected chi connectivity index (χ3v) is 5.46. The molecule has 1 N–H and O–H groups in total. The maximum atomic E-state index is 13.2. The molecule has 6 heteroatoms. The largest absolute Gasteiger partial charge is 0.504 e. The summed E-state index contributed by atoms with van der Waals surface area (Å²) in [4.78, 5) is 30.7. The number of nitrogens with zero attached hydrogens (tertiary/aromatic N) is 1. The summed E-state index contributed by atoms with van der Waals surface area (Å²) in [6.45, 7) is 9.55. The Kier molecular flexibility index (Phi) is 5.64. The van der Waals surface area contributed by atoms with E-state index in [1.807, 2.05) is 13.8 Å². The number of carbonyl (C=O) groups excluding carboxylic acids is 2. The fourth-order valence-electron chi connectivity index (χ4n) is 4.23. The number of carbonyl (C=O) groups is 2. The van der Waals surface area contributed by atoms with E-state index in [4.69, 9.17) is 9.47 Å². The van der Waals surface area contributed by atoms with E-state index in [2.05, 4.69) is 11.6 Å². The second kappa shape index (κ2) is 7.85. The van der Waals surface area contributed by atoms with Crippen LogP contribution in [0.15, 0.2) is 47.1 Å². The van der Waals surface area contributed by atoms with Crippen molar-refractivity contribution in [3.05, 3.63) is 47.7 Å². The van der Waals surface area contributed by atoms with Gasteiger partial charge in [0.15, 0.2) is 17.3 Å². The standard InChI is InChI=1S/C23H27NO5/c1-6-9-29-22(27)19-13(2)24-15-11-23(3,4)12-17(26)21(15)20(19)14-7-8-16(25)18(10-14)28-5/h6-8,10,19-20,25H,1,9,11-12H2,2-5H3/t19?,20-/m0/s1. The summed E-state index contributed by atoms with van der Waals surface area (Å²) in [7, 11) is 1.46. The van der Waals surface area contributed by atoms with Crippen LogP contribution in [0.2, 0.25) is 0 Å². The van der Waals surface area contributed by atoms with Gasteiger partial charge in [-0.1, -0.05) is 32.6 Å². The molecular weight excluding hydrogens is 370 g/mol. The predicted molar refractivity (Wildman–Crippen MR) is 110 cm³/mol. The van der Waals surface area contributed by atoms with Crippen LogP contribution in [-0.4, -0.2) is 36.3 Å². The minimum absolute atomic E-state index is 0.00598. The van der Waals surface area contributed by atoms with Gasteiger partial charge >= 0.3 is 5.97 Å². The Labute approximate surface area is 170 Å². The average Bonchev–Trinajstić information content (AvgIpc) is 2.64. The Balaban J connectivity index is 2.17. The average molecular weight is 397 g/mol. The van der Waals surface area contributed by atoms with Crippen molar-refractivity contribution in [3.8, 4) is 11.5 Å². The van der Waals surface area contributed by atoms with Crippen LogP contribution < -0.4 is 4.74 Å². The number of Topliss-reactive ketones (excluding diaryl/α,β-unsaturated/α-hetero) is 1. The van der Waals surface area contributed by atoms with Gasteiger partial charge < -0.3 is 14.6 Å². The molecule has 0 fully saturated rings. The van der Waals surface area contributed by atoms with Crippen LogP contribution >= 0.6 is 0 Å². The van der Waals surface area contributed by atoms with Crippen molar-refractivity contribution in [2.24, 2.45) is 16.3 Å². The number of allylic oxidation sites excluding steroid dienone is 2. The maximum absolute atomic E-state index is 13.2. The molecule has 1 aliphatic carbocycles. The number of ketones is 1. The highest BCUT2D eigenvalue weighted by Gasteiger charge is 2.46. The summed E-state index contributed by atoms with van der Waals surface area (Å²) in [6.07, 6.45) is 2.55. The van der Waals surface area contributed by atoms with Gasteiger partial charge in [-0.2, -0.15) is 0 Å². The van der Waals surface area contributed by atoms with E-state index >= 15 is 0 Å². The highest BCUT2D eigenvalue weighted by atomic mass is 16.5. The summed E-state index contributed by atoms with van der Waals surface area (Å²) in [5.41, 5.74) is 2.42. The van der Waals surface area contributed by atoms with Gasteiger partial charge in [-0.3, -0.25) is 14.6 Å². The Morgan fingerprint density at radius 2 is 2.10 bits per heavy atom. The van der Waals surface area contributed by atoms with E-state index in [1.54, 1.807) is 19.1 Å². The predicted octanol–water partition coefficient (Wildman–Crippen LogP) is 3.95. The Hall–Kier alpha value is -2.89. The van der Waals surface area contributed by atoms with Crippen LogP contribution in [-0.2, 0) is 14.3 Å². The van der Waals surface area contributed by atoms with E-state index in [1.165, 1.54) is 19.3 Å². The van der Waals surface area contributed by atoms with Crippen LogP contribution in [0.5, 0.6) is 11.5 Å². The van der Waals surface area contributed by atoms with Gasteiger partial charge in [0.1, 0.15) is 12.5 Å². The number of ether oxygens (including phenoxy) is 2. The van der Waals surface area contributed by atoms with Crippen molar-refractivity contribution in [1.82, 2.24) is 0 Å². The summed E-state index contributed by atoms with van der Waals surface area (Å²) < 4.78 is 10.6. The van der Waals surface area contributed by atoms with Gasteiger partial charge in [0.2, 0.25) is 0 Å². The zero-order chi connectivity index (χ0) is 21.3. The highest BCUT2D eigenvalue weighted by Crippen LogP contribution is 2.48. The molecule has 1 heterocycles. The molecule has 0 radical (unpaired) electrons. The first-order valence-corrected chi connectivity index (χ1v) is 9.64. The van der Waals surface area contributed by atoms with Gasteiger partial charge in [-0.15, -0.1) is 0 Å². The van der Waals surface area contributed by atoms with Crippen molar-refractivity contribution in [1.29, 1.82) is 0 Å². The molecule has 0 amide bonds. The Bertz CT molecular complexity index is 925. The highest BCUT2D eigenvalue weighted by molar-refractivity contribution is 6.09. The van der Waals surface area contributed by atoms with Crippen LogP contribution in [0.25, 0.3) is 0 Å². The number of hydrogen-bond acceptors (Lipinski definition) is 6. The first-order chi connectivity index (χ1) is 13.7. The molecule has 2 aliphatic rings. The second-order valence-electron chi connectivity index (χ2n) is 8.36. The lowest BCUT2D eigenvalue weighted by atomic mass is 9.67. The van der Waals surface area contributed by atoms with Crippen molar-refractivity contribution >= 4 is 17.5 Å². The molecular formula is C23H27NO5. The smallest absolute Gasteiger partial charge is 0.315 e. The molecule has 1 aromatic carbocycles. The number of aromatic hydroxyl groups is 1. The van der Waals surface area contributed by atoms with Crippen LogP contribution in [0.4, 0.5) is 0 Å². The van der Waals surface area contributed by atoms with Gasteiger partial charge in [-0.25, -0.2) is 0 Å². The fourth-order valence-corrected chi connectivity index (χ4v) is 4.23. The van der Waals surface area contributed by atoms with Crippen molar-refractivity contribution in [2.75, 3.05) is 13.7 Å². The number of esters is 1. The van der Waals surface area contributed by atoms with Gasteiger partial charge in [0.25, 0.3) is 0 Å². The Morgan fingerprint density at radius 3 is 2.76 bits per heavy atom. The molecule has 1 aliphatic heterocycles. The quantitative estimate of drug-likeness (QED) is 0.601. The number of aliphatic imine (C=N–C) groups is 1. The van der Waals surface area contributed by atoms with Crippen LogP contribution in [0, 0.1) is 11.3 Å². The minimum Gasteiger partial charge on any atom is -0.504 e. The number of benzene rings is 1. The molecule has 154 valence electrons. The molecule has 1 unspecified atom stereocenters. The van der Waals surface area contributed by atoms with E-state index < -0.39 is 17.8 Å². The summed E-state index contributed by atoms with van der Waals surface area (Å²) >= 11 is 0. The van der Waals surface area contributed by atoms with Gasteiger partial charge in [0, 0.05) is 29.3 Å². The van der Waals surface area contributed by atoms with Crippen molar-refractivity contribution < 1.29 is 24.2 Å². The third kappa shape index (κ3) is 3.97. The zero-order valence-corrected chi connectivity index (χ0v) is 17.3. The second-order valence-corrected chi connectivity index (χ2v) is 8.36. The monoisotopic (exact) mass is 397 g/mol. The van der Waals surface area contributed by atoms with Gasteiger partial charge in [0.05, 0.1) is 7.11 Å². The number of methoxy groups -OCH3 is 1. The maximum Gasteiger partial charge on any atom is 0.315 e. The molecule has 6 nitrogen and oxygen atoms in total. The minimum atomic E-state index is -0.729. The molecule has 0 saturated carbocycles. The Morgan fingerprint density at radius 1 is 1.38 bits per heavy atom. The summed E-state index contributed by atoms with van der Waals surface area (Å²) in [5.74, 6) is -1.45. The van der Waals surface area contributed by atoms with Crippen LogP contribution in [0.3, 0.4) is 0 Å². The lowest BCUT2D eigenvalue weighted by molar-refractivity contribution is -0.145. The van der Waals surface area contributed by atoms with Crippen molar-refractivity contribution in [3.63, 3.8) is 0 Å². The van der Waals surface area contributed by atoms with Crippen LogP contribution in [0.1, 0.15) is 45.1 Å². The molecule has 0 bridgehead atoms. The molecule has 0 aromatic heterocycles. The molecule has 3 rings (SSSR count). The van der Waals surface area contributed by atoms with Gasteiger partial charge in [-0.05, 0) is 36.5 Å². The molecule has 29 heavy (non-hydrogen) atoms. The first kappa shape index (κ1) is 20.8. The first-order valence-electron chi connectivity index (χ1n) is 9.64. The normalized spacial score (nSPS) is 23.2. The van der Waals surface area contributed by atoms with E-state index in [0.29, 0.717) is 29.7 Å². The lowest BCUT2D eigenvalue weighted by Crippen LogP contribution is -2.39. The topological polar surface area (TPSA) is 85.2 Å². The number of phenolic OH excluding ortho intramolecular Hbond substituents is 1. The van der Waals surface area contributed by atoms with E-state index in [0.717, 1.165) is 5.70 Å². The SMILES string of the molecule is C=CCOC(=O)C1C(C)=NC2=C(C(=O)CC(C)(C)C2)[C@H]1c1ccc(O)c(OC)c1. The van der Waals surface area contributed by atoms with E-state index in [9.17, 15) is 14.7 Å². The number of rotatable bonds is 5. The summed E-state index contributed by atoms with van der Waals surface area (Å²) in [5, 5.41) is 10.00. The third-order valence-electron chi connectivity index (χ3n) is 5.46. The van der Waals surface area contributed by atoms with E-state index in [-0.39, 0.29) is 29.3 Å². The number of phenols is 1. The molecule has 2 atom stereocenters. The fraction of sp³-hybridized carbons (Fsp3) is 0.435. The number of hydrogen-bond donors (Lipinski definition) is 1. The molecule has 0 saturated heterocycles. The molecule has 0 spiro atoms. The summed E-state index contributed by atoms with van der Waals surface area (Å²) in [6, 6.07) is 4.90. The van der Waals surface area contributed by atoms with Crippen molar-refractivity contribution in [2.45, 2.75) is 39.5 Å². The zero-order valence-electron chi connectivity index (χ0n) is 17.3. The lowest BCUT2D eigenvalue weighted by Gasteiger charge is -2.39. The molecule has 1 aromatic rings.